The minimum Gasteiger partial charge on any atom is -0.490 e. The fourth-order valence-corrected chi connectivity index (χ4v) is 6.47. The Hall–Kier alpha value is -1.61. The first-order valence-electron chi connectivity index (χ1n) is 9.48. The molecule has 1 aromatic heterocycles. The van der Waals surface area contributed by atoms with Gasteiger partial charge in [-0.3, -0.25) is 4.79 Å². The van der Waals surface area contributed by atoms with E-state index in [1.807, 2.05) is 19.1 Å². The predicted molar refractivity (Wildman–Crippen MR) is 115 cm³/mol. The number of aryl methyl sites for hydroxylation is 1. The number of para-hydroxylation sites is 1. The Morgan fingerprint density at radius 1 is 1.31 bits per heavy atom. The van der Waals surface area contributed by atoms with Crippen LogP contribution < -0.4 is 4.74 Å². The number of nitrogens with zero attached hydrogens (tertiary/aromatic N) is 2. The van der Waals surface area contributed by atoms with Gasteiger partial charge in [-0.2, -0.15) is 4.31 Å². The van der Waals surface area contributed by atoms with Crippen LogP contribution in [0.3, 0.4) is 0 Å². The number of likely N-dealkylation sites (N-methyl/N-ethyl adjacent to an activating group) is 1. The van der Waals surface area contributed by atoms with E-state index >= 15 is 0 Å². The third-order valence-corrected chi connectivity index (χ3v) is 8.59. The minimum atomic E-state index is -3.55. The molecule has 1 fully saturated rings. The lowest BCUT2D eigenvalue weighted by atomic mass is 9.98. The maximum Gasteiger partial charge on any atom is 0.252 e. The molecule has 1 amide bonds. The van der Waals surface area contributed by atoms with E-state index in [-0.39, 0.29) is 18.4 Å². The van der Waals surface area contributed by atoms with Gasteiger partial charge < -0.3 is 9.64 Å². The predicted octanol–water partition coefficient (Wildman–Crippen LogP) is 3.65. The zero-order chi connectivity index (χ0) is 21.0. The van der Waals surface area contributed by atoms with Gasteiger partial charge in [0.15, 0.2) is 0 Å². The number of sulfonamides is 1. The number of benzene rings is 1. The van der Waals surface area contributed by atoms with Crippen LogP contribution in [-0.2, 0) is 14.8 Å². The highest BCUT2D eigenvalue weighted by Crippen LogP contribution is 2.29. The fourth-order valence-electron chi connectivity index (χ4n) is 3.32. The van der Waals surface area contributed by atoms with Crippen molar-refractivity contribution in [3.8, 4) is 5.75 Å². The molecule has 1 atom stereocenters. The number of hydrogen-bond donors (Lipinski definition) is 0. The highest BCUT2D eigenvalue weighted by atomic mass is 35.5. The summed E-state index contributed by atoms with van der Waals surface area (Å²) >= 11 is 7.33. The number of ether oxygens (including phenoxy) is 1. The van der Waals surface area contributed by atoms with E-state index in [1.165, 1.54) is 15.6 Å². The summed E-state index contributed by atoms with van der Waals surface area (Å²) in [5.74, 6) is 0.177. The standard InChI is InChI=1S/C20H25ClN2O4S2/c1-15-9-10-19(28-15)29(25,26)23-11-5-6-16(14-23)20(24)22(2)12-13-27-18-8-4-3-7-17(18)21/h3-4,7-10,16H,5-6,11-14H2,1-2H3. The van der Waals surface area contributed by atoms with E-state index in [0.717, 1.165) is 4.88 Å². The summed E-state index contributed by atoms with van der Waals surface area (Å²) in [5.41, 5.74) is 0. The summed E-state index contributed by atoms with van der Waals surface area (Å²) in [6.07, 6.45) is 1.36. The largest absolute Gasteiger partial charge is 0.490 e. The number of piperidine rings is 1. The summed E-state index contributed by atoms with van der Waals surface area (Å²) in [6, 6.07) is 10.6. The first-order valence-corrected chi connectivity index (χ1v) is 12.1. The smallest absolute Gasteiger partial charge is 0.252 e. The van der Waals surface area contributed by atoms with E-state index in [9.17, 15) is 13.2 Å². The second-order valence-electron chi connectivity index (χ2n) is 7.11. The van der Waals surface area contributed by atoms with Crippen LogP contribution in [0.4, 0.5) is 0 Å². The Morgan fingerprint density at radius 3 is 2.76 bits per heavy atom. The van der Waals surface area contributed by atoms with Gasteiger partial charge in [-0.1, -0.05) is 23.7 Å². The normalized spacial score (nSPS) is 17.8. The molecule has 0 spiro atoms. The zero-order valence-corrected chi connectivity index (χ0v) is 18.9. The first-order chi connectivity index (χ1) is 13.8. The lowest BCUT2D eigenvalue weighted by Crippen LogP contribution is -2.46. The Kier molecular flexibility index (Phi) is 7.21. The van der Waals surface area contributed by atoms with Gasteiger partial charge in [0.05, 0.1) is 17.5 Å². The van der Waals surface area contributed by atoms with Crippen molar-refractivity contribution in [1.29, 1.82) is 0 Å². The molecule has 0 N–H and O–H groups in total. The molecule has 3 rings (SSSR count). The summed E-state index contributed by atoms with van der Waals surface area (Å²) in [7, 11) is -1.83. The number of amides is 1. The second-order valence-corrected chi connectivity index (χ2v) is 11.0. The number of hydrogen-bond acceptors (Lipinski definition) is 5. The van der Waals surface area contributed by atoms with E-state index in [0.29, 0.717) is 47.5 Å². The molecule has 1 unspecified atom stereocenters. The van der Waals surface area contributed by atoms with Crippen LogP contribution in [0.15, 0.2) is 40.6 Å². The highest BCUT2D eigenvalue weighted by Gasteiger charge is 2.35. The average Bonchev–Trinajstić information content (AvgIpc) is 3.16. The molecule has 1 aliphatic rings. The maximum atomic E-state index is 12.9. The highest BCUT2D eigenvalue weighted by molar-refractivity contribution is 7.91. The molecule has 6 nitrogen and oxygen atoms in total. The SMILES string of the molecule is Cc1ccc(S(=O)(=O)N2CCCC(C(=O)N(C)CCOc3ccccc3Cl)C2)s1. The lowest BCUT2D eigenvalue weighted by molar-refractivity contribution is -0.135. The van der Waals surface area contributed by atoms with Crippen LogP contribution in [0.1, 0.15) is 17.7 Å². The molecule has 0 aliphatic carbocycles. The van der Waals surface area contributed by atoms with Gasteiger partial charge in [-0.05, 0) is 44.0 Å². The quantitative estimate of drug-likeness (QED) is 0.637. The molecule has 158 valence electrons. The van der Waals surface area contributed by atoms with E-state index in [4.69, 9.17) is 16.3 Å². The molecule has 1 aromatic carbocycles. The Bertz CT molecular complexity index is 961. The lowest BCUT2D eigenvalue weighted by Gasteiger charge is -2.33. The Balaban J connectivity index is 1.56. The van der Waals surface area contributed by atoms with E-state index in [1.54, 1.807) is 36.2 Å². The molecule has 2 heterocycles. The number of rotatable bonds is 7. The number of thiophene rings is 1. The molecule has 0 saturated carbocycles. The Morgan fingerprint density at radius 2 is 2.07 bits per heavy atom. The second kappa shape index (κ2) is 9.47. The van der Waals surface area contributed by atoms with Crippen molar-refractivity contribution in [3.05, 3.63) is 46.3 Å². The van der Waals surface area contributed by atoms with E-state index in [2.05, 4.69) is 0 Å². The number of carbonyl (C=O) groups is 1. The third kappa shape index (κ3) is 5.31. The van der Waals surface area contributed by atoms with Crippen LogP contribution >= 0.6 is 22.9 Å². The van der Waals surface area contributed by atoms with Gasteiger partial charge in [-0.25, -0.2) is 8.42 Å². The van der Waals surface area contributed by atoms with Gasteiger partial charge in [-0.15, -0.1) is 11.3 Å². The van der Waals surface area contributed by atoms with Crippen molar-refractivity contribution < 1.29 is 17.9 Å². The molecule has 9 heteroatoms. The van der Waals surface area contributed by atoms with Crippen LogP contribution in [0.25, 0.3) is 0 Å². The molecular weight excluding hydrogens is 432 g/mol. The van der Waals surface area contributed by atoms with Gasteiger partial charge >= 0.3 is 0 Å². The molecule has 29 heavy (non-hydrogen) atoms. The van der Waals surface area contributed by atoms with Crippen LogP contribution in [0.2, 0.25) is 5.02 Å². The molecule has 1 saturated heterocycles. The van der Waals surface area contributed by atoms with Crippen LogP contribution in [-0.4, -0.2) is 56.8 Å². The zero-order valence-electron chi connectivity index (χ0n) is 16.5. The van der Waals surface area contributed by atoms with Crippen molar-refractivity contribution in [1.82, 2.24) is 9.21 Å². The third-order valence-electron chi connectivity index (χ3n) is 4.94. The number of carbonyl (C=O) groups excluding carboxylic acids is 1. The van der Waals surface area contributed by atoms with E-state index < -0.39 is 10.0 Å². The van der Waals surface area contributed by atoms with Crippen molar-refractivity contribution >= 4 is 38.9 Å². The number of halogens is 1. The van der Waals surface area contributed by atoms with Crippen molar-refractivity contribution in [3.63, 3.8) is 0 Å². The van der Waals surface area contributed by atoms with Crippen LogP contribution in [0.5, 0.6) is 5.75 Å². The maximum absolute atomic E-state index is 12.9. The summed E-state index contributed by atoms with van der Waals surface area (Å²) in [5, 5.41) is 0.526. The van der Waals surface area contributed by atoms with Crippen LogP contribution in [0, 0.1) is 12.8 Å². The fraction of sp³-hybridized carbons (Fsp3) is 0.450. The van der Waals surface area contributed by atoms with Gasteiger partial charge in [0, 0.05) is 25.0 Å². The van der Waals surface area contributed by atoms with Crippen molar-refractivity contribution in [2.45, 2.75) is 24.0 Å². The summed E-state index contributed by atoms with van der Waals surface area (Å²) in [4.78, 5) is 15.4. The van der Waals surface area contributed by atoms with Gasteiger partial charge in [0.25, 0.3) is 10.0 Å². The van der Waals surface area contributed by atoms with Crippen molar-refractivity contribution in [2.24, 2.45) is 5.92 Å². The summed E-state index contributed by atoms with van der Waals surface area (Å²) in [6.45, 7) is 3.26. The topological polar surface area (TPSA) is 66.9 Å². The molecule has 2 aromatic rings. The molecule has 0 radical (unpaired) electrons. The molecular formula is C20H25ClN2O4S2. The van der Waals surface area contributed by atoms with Gasteiger partial charge in [0.1, 0.15) is 16.6 Å². The summed E-state index contributed by atoms with van der Waals surface area (Å²) < 4.78 is 33.2. The molecule has 0 bridgehead atoms. The molecule has 1 aliphatic heterocycles. The Labute approximate surface area is 181 Å². The average molecular weight is 457 g/mol. The minimum absolute atomic E-state index is 0.0602. The first kappa shape index (κ1) is 22.1. The monoisotopic (exact) mass is 456 g/mol. The van der Waals surface area contributed by atoms with Crippen molar-refractivity contribution in [2.75, 3.05) is 33.3 Å². The van der Waals surface area contributed by atoms with Gasteiger partial charge in [0.2, 0.25) is 5.91 Å².